The lowest BCUT2D eigenvalue weighted by Gasteiger charge is -2.07. The van der Waals surface area contributed by atoms with Gasteiger partial charge in [-0.05, 0) is 6.92 Å². The Bertz CT molecular complexity index is 666. The van der Waals surface area contributed by atoms with E-state index in [1.54, 1.807) is 5.38 Å². The van der Waals surface area contributed by atoms with Gasteiger partial charge in [0.25, 0.3) is 5.69 Å². The third kappa shape index (κ3) is 3.54. The number of aromatic nitrogens is 2. The number of nitrogens with one attached hydrogen (secondary N) is 3. The molecule has 9 heteroatoms. The summed E-state index contributed by atoms with van der Waals surface area (Å²) >= 11 is 1.07. The van der Waals surface area contributed by atoms with E-state index in [1.165, 1.54) is 12.1 Å². The molecule has 20 heavy (non-hydrogen) atoms. The molecule has 3 N–H and O–H groups in total. The van der Waals surface area contributed by atoms with Crippen LogP contribution in [0.2, 0.25) is 0 Å². The van der Waals surface area contributed by atoms with Crippen LogP contribution in [0.3, 0.4) is 0 Å². The standard InChI is InChI=1S/C11H13N5O3S/c1-2-12-9-3-8(16(18)19)4-10(15-9)13-5-7-6-20-11(17)14-7/h3-4,6H,2,5H2,1H3,(H,14,17)(H2,12,13,15). The number of aromatic amines is 1. The number of nitrogens with zero attached hydrogens (tertiary/aromatic N) is 2. The smallest absolute Gasteiger partial charge is 0.304 e. The molecular weight excluding hydrogens is 282 g/mol. The van der Waals surface area contributed by atoms with Gasteiger partial charge >= 0.3 is 4.87 Å². The van der Waals surface area contributed by atoms with E-state index in [9.17, 15) is 14.9 Å². The fraction of sp³-hybridized carbons (Fsp3) is 0.273. The second kappa shape index (κ2) is 6.15. The van der Waals surface area contributed by atoms with Gasteiger partial charge in [0.15, 0.2) is 0 Å². The van der Waals surface area contributed by atoms with Crippen molar-refractivity contribution in [2.24, 2.45) is 0 Å². The Hall–Kier alpha value is -2.42. The minimum absolute atomic E-state index is 0.0442. The summed E-state index contributed by atoms with van der Waals surface area (Å²) in [6, 6.07) is 2.73. The Morgan fingerprint density at radius 3 is 2.65 bits per heavy atom. The maximum Gasteiger partial charge on any atom is 0.304 e. The first-order chi connectivity index (χ1) is 9.58. The molecule has 0 bridgehead atoms. The fourth-order valence-electron chi connectivity index (χ4n) is 1.57. The minimum atomic E-state index is -0.472. The minimum Gasteiger partial charge on any atom is -0.370 e. The van der Waals surface area contributed by atoms with E-state index in [-0.39, 0.29) is 10.6 Å². The summed E-state index contributed by atoms with van der Waals surface area (Å²) in [4.78, 5) is 28.1. The number of pyridine rings is 1. The topological polar surface area (TPSA) is 113 Å². The van der Waals surface area contributed by atoms with Crippen molar-refractivity contribution >= 4 is 28.7 Å². The number of thiazole rings is 1. The van der Waals surface area contributed by atoms with Gasteiger partial charge in [-0.1, -0.05) is 11.3 Å². The normalized spacial score (nSPS) is 10.2. The Morgan fingerprint density at radius 2 is 2.10 bits per heavy atom. The highest BCUT2D eigenvalue weighted by Crippen LogP contribution is 2.20. The fourth-order valence-corrected chi connectivity index (χ4v) is 2.15. The number of hydrogen-bond donors (Lipinski definition) is 3. The molecule has 0 radical (unpaired) electrons. The molecule has 0 fully saturated rings. The largest absolute Gasteiger partial charge is 0.370 e. The molecule has 0 aliphatic carbocycles. The Morgan fingerprint density at radius 1 is 1.40 bits per heavy atom. The number of hydrogen-bond acceptors (Lipinski definition) is 7. The average molecular weight is 295 g/mol. The molecule has 0 atom stereocenters. The van der Waals surface area contributed by atoms with E-state index in [0.29, 0.717) is 30.4 Å². The Kier molecular flexibility index (Phi) is 4.31. The van der Waals surface area contributed by atoms with Crippen LogP contribution >= 0.6 is 11.3 Å². The molecule has 106 valence electrons. The van der Waals surface area contributed by atoms with Crippen LogP contribution in [-0.4, -0.2) is 21.4 Å². The van der Waals surface area contributed by atoms with Crippen molar-refractivity contribution < 1.29 is 4.92 Å². The second-order valence-corrected chi connectivity index (χ2v) is 4.75. The van der Waals surface area contributed by atoms with Crippen molar-refractivity contribution in [2.45, 2.75) is 13.5 Å². The molecule has 2 rings (SSSR count). The summed E-state index contributed by atoms with van der Waals surface area (Å²) < 4.78 is 0. The summed E-state index contributed by atoms with van der Waals surface area (Å²) in [5, 5.41) is 18.4. The third-order valence-corrected chi connectivity index (χ3v) is 3.13. The van der Waals surface area contributed by atoms with E-state index in [2.05, 4.69) is 20.6 Å². The zero-order valence-corrected chi connectivity index (χ0v) is 11.5. The molecule has 0 unspecified atom stereocenters. The molecular formula is C11H13N5O3S. The van der Waals surface area contributed by atoms with Gasteiger partial charge in [0.1, 0.15) is 11.6 Å². The van der Waals surface area contributed by atoms with Crippen LogP contribution in [0.15, 0.2) is 22.3 Å². The lowest BCUT2D eigenvalue weighted by molar-refractivity contribution is -0.384. The zero-order valence-electron chi connectivity index (χ0n) is 10.7. The summed E-state index contributed by atoms with van der Waals surface area (Å²) in [7, 11) is 0. The van der Waals surface area contributed by atoms with Gasteiger partial charge in [-0.3, -0.25) is 14.9 Å². The summed E-state index contributed by atoms with van der Waals surface area (Å²) in [5.74, 6) is 0.810. The van der Waals surface area contributed by atoms with E-state index in [4.69, 9.17) is 0 Å². The van der Waals surface area contributed by atoms with Crippen molar-refractivity contribution in [3.05, 3.63) is 43.0 Å². The van der Waals surface area contributed by atoms with Crippen LogP contribution in [0.5, 0.6) is 0 Å². The first-order valence-corrected chi connectivity index (χ1v) is 6.77. The van der Waals surface area contributed by atoms with Gasteiger partial charge in [0.2, 0.25) is 0 Å². The van der Waals surface area contributed by atoms with Gasteiger partial charge in [-0.15, -0.1) is 0 Å². The molecule has 2 aromatic rings. The molecule has 8 nitrogen and oxygen atoms in total. The molecule has 2 heterocycles. The Balaban J connectivity index is 2.17. The van der Waals surface area contributed by atoms with Crippen molar-refractivity contribution in [2.75, 3.05) is 17.2 Å². The van der Waals surface area contributed by atoms with Gasteiger partial charge in [-0.25, -0.2) is 4.98 Å². The second-order valence-electron chi connectivity index (χ2n) is 3.91. The zero-order chi connectivity index (χ0) is 14.5. The first-order valence-electron chi connectivity index (χ1n) is 5.89. The molecule has 0 amide bonds. The third-order valence-electron chi connectivity index (χ3n) is 2.41. The van der Waals surface area contributed by atoms with E-state index < -0.39 is 4.92 Å². The van der Waals surface area contributed by atoms with Gasteiger partial charge in [0, 0.05) is 17.6 Å². The van der Waals surface area contributed by atoms with E-state index >= 15 is 0 Å². The number of H-pyrrole nitrogens is 1. The molecule has 0 aliphatic heterocycles. The molecule has 0 saturated carbocycles. The maximum atomic E-state index is 11.0. The van der Waals surface area contributed by atoms with Crippen LogP contribution in [-0.2, 0) is 6.54 Å². The van der Waals surface area contributed by atoms with Gasteiger partial charge in [-0.2, -0.15) is 0 Å². The average Bonchev–Trinajstić information content (AvgIpc) is 2.82. The summed E-state index contributed by atoms with van der Waals surface area (Å²) in [6.07, 6.45) is 0. The van der Waals surface area contributed by atoms with Crippen molar-refractivity contribution in [3.63, 3.8) is 0 Å². The van der Waals surface area contributed by atoms with Gasteiger partial charge in [0.05, 0.1) is 23.6 Å². The van der Waals surface area contributed by atoms with Crippen molar-refractivity contribution in [1.82, 2.24) is 9.97 Å². The van der Waals surface area contributed by atoms with Crippen LogP contribution < -0.4 is 15.5 Å². The van der Waals surface area contributed by atoms with Crippen LogP contribution in [0.1, 0.15) is 12.6 Å². The predicted octanol–water partition coefficient (Wildman–Crippen LogP) is 1.78. The first kappa shape index (κ1) is 14.0. The predicted molar refractivity (Wildman–Crippen MR) is 77.3 cm³/mol. The number of nitro groups is 1. The van der Waals surface area contributed by atoms with Gasteiger partial charge < -0.3 is 15.6 Å². The molecule has 0 saturated heterocycles. The van der Waals surface area contributed by atoms with E-state index in [1.807, 2.05) is 6.92 Å². The lowest BCUT2D eigenvalue weighted by atomic mass is 10.3. The van der Waals surface area contributed by atoms with Crippen molar-refractivity contribution in [3.8, 4) is 0 Å². The van der Waals surface area contributed by atoms with Crippen LogP contribution in [0.25, 0.3) is 0 Å². The van der Waals surface area contributed by atoms with Crippen LogP contribution in [0.4, 0.5) is 17.3 Å². The number of rotatable bonds is 6. The van der Waals surface area contributed by atoms with Crippen molar-refractivity contribution in [1.29, 1.82) is 0 Å². The summed E-state index contributed by atoms with van der Waals surface area (Å²) in [6.45, 7) is 2.84. The van der Waals surface area contributed by atoms with Crippen LogP contribution in [0, 0.1) is 10.1 Å². The SMILES string of the molecule is CCNc1cc([N+](=O)[O-])cc(NCc2csc(=O)[nH]2)n1. The Labute approximate surface area is 118 Å². The highest BCUT2D eigenvalue weighted by Gasteiger charge is 2.11. The molecule has 0 aliphatic rings. The monoisotopic (exact) mass is 295 g/mol. The molecule has 0 aromatic carbocycles. The molecule has 2 aromatic heterocycles. The maximum absolute atomic E-state index is 11.0. The van der Waals surface area contributed by atoms with E-state index in [0.717, 1.165) is 11.3 Å². The molecule has 0 spiro atoms. The highest BCUT2D eigenvalue weighted by atomic mass is 32.1. The number of anilines is 2. The highest BCUT2D eigenvalue weighted by molar-refractivity contribution is 7.07. The lowest BCUT2D eigenvalue weighted by Crippen LogP contribution is -2.07. The summed E-state index contributed by atoms with van der Waals surface area (Å²) in [5.41, 5.74) is 0.663. The quantitative estimate of drug-likeness (QED) is 0.553.